The van der Waals surface area contributed by atoms with Crippen LogP contribution in [-0.2, 0) is 27.8 Å². The molecule has 0 radical (unpaired) electrons. The zero-order valence-corrected chi connectivity index (χ0v) is 14.1. The van der Waals surface area contributed by atoms with Crippen molar-refractivity contribution in [3.8, 4) is 0 Å². The van der Waals surface area contributed by atoms with Crippen molar-refractivity contribution >= 4 is 33.0 Å². The summed E-state index contributed by atoms with van der Waals surface area (Å²) in [6.45, 7) is 2.43. The van der Waals surface area contributed by atoms with Crippen LogP contribution in [0.2, 0.25) is 0 Å². The summed E-state index contributed by atoms with van der Waals surface area (Å²) in [6.07, 6.45) is 1.49. The number of thiophene rings is 1. The van der Waals surface area contributed by atoms with Crippen molar-refractivity contribution in [3.63, 3.8) is 0 Å². The Hall–Kier alpha value is -1.86. The monoisotopic (exact) mass is 338 g/mol. The number of rotatable bonds is 6. The first kappa shape index (κ1) is 16.5. The van der Waals surface area contributed by atoms with Crippen molar-refractivity contribution in [2.75, 3.05) is 11.0 Å². The highest BCUT2D eigenvalue weighted by Gasteiger charge is 2.06. The lowest BCUT2D eigenvalue weighted by molar-refractivity contribution is -0.120. The maximum absolute atomic E-state index is 11.9. The van der Waals surface area contributed by atoms with E-state index in [2.05, 4.69) is 10.0 Å². The highest BCUT2D eigenvalue weighted by atomic mass is 32.2. The average Bonchev–Trinajstić information content (AvgIpc) is 2.81. The third kappa shape index (κ3) is 5.50. The van der Waals surface area contributed by atoms with Gasteiger partial charge in [0, 0.05) is 22.0 Å². The van der Waals surface area contributed by atoms with Crippen molar-refractivity contribution in [1.82, 2.24) is 5.32 Å². The zero-order chi connectivity index (χ0) is 16.2. The topological polar surface area (TPSA) is 75.3 Å². The first-order valence-corrected chi connectivity index (χ1v) is 9.41. The second kappa shape index (κ2) is 6.93. The number of anilines is 1. The fraction of sp³-hybridized carbons (Fsp3) is 0.267. The van der Waals surface area contributed by atoms with E-state index in [-0.39, 0.29) is 5.91 Å². The largest absolute Gasteiger partial charge is 0.352 e. The van der Waals surface area contributed by atoms with E-state index < -0.39 is 10.0 Å². The van der Waals surface area contributed by atoms with Crippen LogP contribution in [0, 0.1) is 6.92 Å². The third-order valence-electron chi connectivity index (χ3n) is 2.88. The first-order valence-electron chi connectivity index (χ1n) is 6.70. The predicted octanol–water partition coefficient (Wildman–Crippen LogP) is 2.29. The molecule has 2 rings (SSSR count). The summed E-state index contributed by atoms with van der Waals surface area (Å²) >= 11 is 1.62. The second-order valence-corrected chi connectivity index (χ2v) is 8.16. The van der Waals surface area contributed by atoms with Gasteiger partial charge in [0.05, 0.1) is 12.7 Å². The van der Waals surface area contributed by atoms with Gasteiger partial charge in [0.15, 0.2) is 0 Å². The molecule has 22 heavy (non-hydrogen) atoms. The van der Waals surface area contributed by atoms with Crippen molar-refractivity contribution in [3.05, 3.63) is 51.7 Å². The van der Waals surface area contributed by atoms with Crippen molar-refractivity contribution in [1.29, 1.82) is 0 Å². The molecule has 1 aromatic heterocycles. The molecule has 2 N–H and O–H groups in total. The van der Waals surface area contributed by atoms with Gasteiger partial charge in [-0.3, -0.25) is 9.52 Å². The van der Waals surface area contributed by atoms with Crippen LogP contribution in [0.1, 0.15) is 15.3 Å². The fourth-order valence-corrected chi connectivity index (χ4v) is 3.36. The van der Waals surface area contributed by atoms with E-state index in [1.165, 1.54) is 4.88 Å². The van der Waals surface area contributed by atoms with Crippen LogP contribution >= 0.6 is 11.3 Å². The molecule has 0 spiro atoms. The highest BCUT2D eigenvalue weighted by Crippen LogP contribution is 2.15. The summed E-state index contributed by atoms with van der Waals surface area (Å²) in [5, 5.41) is 2.85. The van der Waals surface area contributed by atoms with Crippen LogP contribution in [0.4, 0.5) is 5.69 Å². The summed E-state index contributed by atoms with van der Waals surface area (Å²) in [5.41, 5.74) is 1.42. The lowest BCUT2D eigenvalue weighted by Crippen LogP contribution is -2.24. The first-order chi connectivity index (χ1) is 10.3. The average molecular weight is 338 g/mol. The summed E-state index contributed by atoms with van der Waals surface area (Å²) in [7, 11) is -3.27. The van der Waals surface area contributed by atoms with Gasteiger partial charge >= 0.3 is 0 Å². The van der Waals surface area contributed by atoms with Gasteiger partial charge in [-0.25, -0.2) is 8.42 Å². The van der Waals surface area contributed by atoms with Crippen molar-refractivity contribution in [2.45, 2.75) is 19.9 Å². The molecular weight excluding hydrogens is 320 g/mol. The van der Waals surface area contributed by atoms with E-state index in [1.54, 1.807) is 35.6 Å². The number of aryl methyl sites for hydroxylation is 1. The molecule has 5 nitrogen and oxygen atoms in total. The van der Waals surface area contributed by atoms with E-state index in [9.17, 15) is 13.2 Å². The van der Waals surface area contributed by atoms with Crippen molar-refractivity contribution in [2.24, 2.45) is 0 Å². The molecule has 0 saturated heterocycles. The van der Waals surface area contributed by atoms with Crippen LogP contribution in [0.15, 0.2) is 36.4 Å². The van der Waals surface area contributed by atoms with Gasteiger partial charge in [-0.2, -0.15) is 0 Å². The molecule has 2 aromatic rings. The molecule has 0 unspecified atom stereocenters. The van der Waals surface area contributed by atoms with Gasteiger partial charge in [-0.05, 0) is 36.8 Å². The fourth-order valence-electron chi connectivity index (χ4n) is 1.91. The van der Waals surface area contributed by atoms with E-state index in [1.807, 2.05) is 19.1 Å². The van der Waals surface area contributed by atoms with Gasteiger partial charge in [0.2, 0.25) is 15.9 Å². The summed E-state index contributed by atoms with van der Waals surface area (Å²) < 4.78 is 24.6. The number of sulfonamides is 1. The summed E-state index contributed by atoms with van der Waals surface area (Å²) in [5.74, 6) is -0.0276. The van der Waals surface area contributed by atoms with Crippen LogP contribution in [0.5, 0.6) is 0 Å². The molecule has 1 amide bonds. The summed E-state index contributed by atoms with van der Waals surface area (Å²) in [4.78, 5) is 14.1. The maximum atomic E-state index is 11.9. The van der Waals surface area contributed by atoms with Crippen LogP contribution in [-0.4, -0.2) is 20.6 Å². The van der Waals surface area contributed by atoms with Gasteiger partial charge in [-0.15, -0.1) is 11.3 Å². The lowest BCUT2D eigenvalue weighted by Gasteiger charge is -2.07. The third-order valence-corrected chi connectivity index (χ3v) is 4.48. The quantitative estimate of drug-likeness (QED) is 0.848. The van der Waals surface area contributed by atoms with E-state index >= 15 is 0 Å². The molecule has 1 heterocycles. The van der Waals surface area contributed by atoms with Gasteiger partial charge in [0.25, 0.3) is 0 Å². The molecule has 0 aliphatic rings. The van der Waals surface area contributed by atoms with Gasteiger partial charge < -0.3 is 5.32 Å². The highest BCUT2D eigenvalue weighted by molar-refractivity contribution is 7.92. The van der Waals surface area contributed by atoms with Crippen LogP contribution in [0.3, 0.4) is 0 Å². The van der Waals surface area contributed by atoms with Gasteiger partial charge in [-0.1, -0.05) is 12.1 Å². The molecule has 0 aliphatic carbocycles. The smallest absolute Gasteiger partial charge is 0.229 e. The molecule has 0 bridgehead atoms. The molecule has 118 valence electrons. The Labute approximate surface area is 134 Å². The summed E-state index contributed by atoms with van der Waals surface area (Å²) in [6, 6.07) is 10.9. The molecule has 0 saturated carbocycles. The second-order valence-electron chi connectivity index (χ2n) is 5.04. The maximum Gasteiger partial charge on any atom is 0.229 e. The Morgan fingerprint density at radius 1 is 1.14 bits per heavy atom. The van der Waals surface area contributed by atoms with Gasteiger partial charge in [0.1, 0.15) is 0 Å². The number of amides is 1. The number of benzene rings is 1. The van der Waals surface area contributed by atoms with E-state index in [0.29, 0.717) is 18.7 Å². The molecule has 0 fully saturated rings. The molecule has 0 aliphatic heterocycles. The predicted molar refractivity (Wildman–Crippen MR) is 89.5 cm³/mol. The minimum atomic E-state index is -3.27. The number of carbonyl (C=O) groups excluding carboxylic acids is 1. The zero-order valence-electron chi connectivity index (χ0n) is 12.4. The molecule has 0 atom stereocenters. The van der Waals surface area contributed by atoms with Crippen molar-refractivity contribution < 1.29 is 13.2 Å². The van der Waals surface area contributed by atoms with E-state index in [4.69, 9.17) is 0 Å². The normalized spacial score (nSPS) is 11.2. The van der Waals surface area contributed by atoms with E-state index in [0.717, 1.165) is 16.7 Å². The Kier molecular flexibility index (Phi) is 5.20. The number of carbonyl (C=O) groups is 1. The minimum Gasteiger partial charge on any atom is -0.352 e. The van der Waals surface area contributed by atoms with Crippen LogP contribution < -0.4 is 10.0 Å². The molecule has 1 aromatic carbocycles. The number of hydrogen-bond donors (Lipinski definition) is 2. The SMILES string of the molecule is Cc1ccc(CC(=O)NCc2ccc(NS(C)(=O)=O)cc2)s1. The Morgan fingerprint density at radius 2 is 1.82 bits per heavy atom. The number of nitrogens with one attached hydrogen (secondary N) is 2. The molecular formula is C15H18N2O3S2. The Morgan fingerprint density at radius 3 is 2.36 bits per heavy atom. The lowest BCUT2D eigenvalue weighted by atomic mass is 10.2. The minimum absolute atomic E-state index is 0.0276. The standard InChI is InChI=1S/C15H18N2O3S2/c1-11-3-8-14(21-11)9-15(18)16-10-12-4-6-13(7-5-12)17-22(2,19)20/h3-8,17H,9-10H2,1-2H3,(H,16,18). The Bertz CT molecular complexity index is 749. The number of hydrogen-bond acceptors (Lipinski definition) is 4. The molecule has 7 heteroatoms. The van der Waals surface area contributed by atoms with Crippen LogP contribution in [0.25, 0.3) is 0 Å². The Balaban J connectivity index is 1.85.